The van der Waals surface area contributed by atoms with Gasteiger partial charge in [-0.3, -0.25) is 9.59 Å². The standard InChI is InChI=1S/C22H25ClN2O4/c1-28-19-7-6-15(11-20(19)29-2)8-9-25-14-17(12-21(25)26)22(27)24-13-16-4-3-5-18(23)10-16/h3-7,10-11,17H,8-9,12-14H2,1-2H3,(H,24,27)/t17-/m1/s1. The second-order valence-electron chi connectivity index (χ2n) is 7.03. The van der Waals surface area contributed by atoms with Crippen molar-refractivity contribution in [3.8, 4) is 11.5 Å². The minimum absolute atomic E-state index is 0.00776. The van der Waals surface area contributed by atoms with Crippen LogP contribution < -0.4 is 14.8 Å². The Balaban J connectivity index is 1.51. The molecule has 29 heavy (non-hydrogen) atoms. The third-order valence-corrected chi connectivity index (χ3v) is 5.29. The summed E-state index contributed by atoms with van der Waals surface area (Å²) in [5.41, 5.74) is 1.98. The molecule has 0 saturated carbocycles. The van der Waals surface area contributed by atoms with E-state index in [9.17, 15) is 9.59 Å². The average Bonchev–Trinajstić information content (AvgIpc) is 3.11. The molecule has 1 heterocycles. The van der Waals surface area contributed by atoms with E-state index in [0.717, 1.165) is 11.1 Å². The molecule has 3 rings (SSSR count). The number of carbonyl (C=O) groups is 2. The van der Waals surface area contributed by atoms with Gasteiger partial charge in [-0.1, -0.05) is 29.8 Å². The molecule has 2 aromatic carbocycles. The Morgan fingerprint density at radius 2 is 1.93 bits per heavy atom. The molecule has 1 fully saturated rings. The van der Waals surface area contributed by atoms with Crippen LogP contribution in [0.3, 0.4) is 0 Å². The summed E-state index contributed by atoms with van der Waals surface area (Å²) >= 11 is 5.97. The Labute approximate surface area is 175 Å². The summed E-state index contributed by atoms with van der Waals surface area (Å²) in [7, 11) is 3.19. The smallest absolute Gasteiger partial charge is 0.225 e. The van der Waals surface area contributed by atoms with E-state index in [1.54, 1.807) is 25.2 Å². The largest absolute Gasteiger partial charge is 0.493 e. The van der Waals surface area contributed by atoms with Crippen molar-refractivity contribution in [1.29, 1.82) is 0 Å². The molecule has 0 bridgehead atoms. The van der Waals surface area contributed by atoms with Gasteiger partial charge in [0.2, 0.25) is 11.8 Å². The van der Waals surface area contributed by atoms with Crippen molar-refractivity contribution in [1.82, 2.24) is 10.2 Å². The van der Waals surface area contributed by atoms with Crippen molar-refractivity contribution >= 4 is 23.4 Å². The van der Waals surface area contributed by atoms with E-state index in [1.807, 2.05) is 36.4 Å². The lowest BCUT2D eigenvalue weighted by Gasteiger charge is -2.17. The lowest BCUT2D eigenvalue weighted by atomic mass is 10.1. The van der Waals surface area contributed by atoms with Gasteiger partial charge in [-0.25, -0.2) is 0 Å². The first-order chi connectivity index (χ1) is 14.0. The molecule has 1 N–H and O–H groups in total. The van der Waals surface area contributed by atoms with Crippen LogP contribution in [0.4, 0.5) is 0 Å². The van der Waals surface area contributed by atoms with Crippen molar-refractivity contribution < 1.29 is 19.1 Å². The molecule has 1 atom stereocenters. The van der Waals surface area contributed by atoms with Gasteiger partial charge in [0.1, 0.15) is 0 Å². The van der Waals surface area contributed by atoms with Gasteiger partial charge in [0, 0.05) is 31.1 Å². The highest BCUT2D eigenvalue weighted by molar-refractivity contribution is 6.30. The summed E-state index contributed by atoms with van der Waals surface area (Å²) in [6, 6.07) is 13.1. The quantitative estimate of drug-likeness (QED) is 0.718. The maximum Gasteiger partial charge on any atom is 0.225 e. The van der Waals surface area contributed by atoms with E-state index < -0.39 is 0 Å². The lowest BCUT2D eigenvalue weighted by molar-refractivity contribution is -0.129. The van der Waals surface area contributed by atoms with Crippen LogP contribution in [0.2, 0.25) is 5.02 Å². The van der Waals surface area contributed by atoms with E-state index in [1.165, 1.54) is 0 Å². The van der Waals surface area contributed by atoms with Gasteiger partial charge in [0.05, 0.1) is 20.1 Å². The first-order valence-corrected chi connectivity index (χ1v) is 9.88. The average molecular weight is 417 g/mol. The summed E-state index contributed by atoms with van der Waals surface area (Å²) in [4.78, 5) is 26.6. The lowest BCUT2D eigenvalue weighted by Crippen LogP contribution is -2.33. The molecule has 1 aliphatic rings. The number of rotatable bonds is 8. The molecule has 0 radical (unpaired) electrons. The second-order valence-corrected chi connectivity index (χ2v) is 7.46. The van der Waals surface area contributed by atoms with Crippen molar-refractivity contribution in [3.63, 3.8) is 0 Å². The number of benzene rings is 2. The van der Waals surface area contributed by atoms with E-state index >= 15 is 0 Å². The number of nitrogens with zero attached hydrogens (tertiary/aromatic N) is 1. The number of likely N-dealkylation sites (tertiary alicyclic amines) is 1. The van der Waals surface area contributed by atoms with Crippen LogP contribution in [0.5, 0.6) is 11.5 Å². The Bertz CT molecular complexity index is 887. The highest BCUT2D eigenvalue weighted by Crippen LogP contribution is 2.28. The third kappa shape index (κ3) is 5.41. The van der Waals surface area contributed by atoms with Gasteiger partial charge in [-0.15, -0.1) is 0 Å². The van der Waals surface area contributed by atoms with Crippen LogP contribution in [-0.4, -0.2) is 44.0 Å². The van der Waals surface area contributed by atoms with E-state index in [0.29, 0.717) is 42.6 Å². The zero-order valence-electron chi connectivity index (χ0n) is 16.6. The van der Waals surface area contributed by atoms with Crippen LogP contribution in [-0.2, 0) is 22.6 Å². The fraction of sp³-hybridized carbons (Fsp3) is 0.364. The predicted molar refractivity (Wildman–Crippen MR) is 111 cm³/mol. The zero-order chi connectivity index (χ0) is 20.8. The van der Waals surface area contributed by atoms with E-state index in [4.69, 9.17) is 21.1 Å². The summed E-state index contributed by atoms with van der Waals surface area (Å²) in [6.45, 7) is 1.40. The topological polar surface area (TPSA) is 67.9 Å². The number of carbonyl (C=O) groups excluding carboxylic acids is 2. The van der Waals surface area contributed by atoms with Gasteiger partial charge in [-0.2, -0.15) is 0 Å². The van der Waals surface area contributed by atoms with Gasteiger partial charge < -0.3 is 19.7 Å². The van der Waals surface area contributed by atoms with Gasteiger partial charge >= 0.3 is 0 Å². The predicted octanol–water partition coefficient (Wildman–Crippen LogP) is 3.06. The highest BCUT2D eigenvalue weighted by Gasteiger charge is 2.33. The van der Waals surface area contributed by atoms with Crippen LogP contribution in [0.1, 0.15) is 17.5 Å². The van der Waals surface area contributed by atoms with Crippen molar-refractivity contribution in [2.75, 3.05) is 27.3 Å². The zero-order valence-corrected chi connectivity index (χ0v) is 17.4. The maximum atomic E-state index is 12.5. The van der Waals surface area contributed by atoms with Crippen molar-refractivity contribution in [2.24, 2.45) is 5.92 Å². The SMILES string of the molecule is COc1ccc(CCN2C[C@H](C(=O)NCc3cccc(Cl)c3)CC2=O)cc1OC. The molecule has 1 aliphatic heterocycles. The fourth-order valence-corrected chi connectivity index (χ4v) is 3.66. The van der Waals surface area contributed by atoms with Gasteiger partial charge in [0.25, 0.3) is 0 Å². The van der Waals surface area contributed by atoms with Crippen LogP contribution in [0.25, 0.3) is 0 Å². The molecule has 0 unspecified atom stereocenters. The molecular formula is C22H25ClN2O4. The number of methoxy groups -OCH3 is 2. The molecule has 6 nitrogen and oxygen atoms in total. The summed E-state index contributed by atoms with van der Waals surface area (Å²) in [5.74, 6) is 0.911. The van der Waals surface area contributed by atoms with Crippen molar-refractivity contribution in [3.05, 3.63) is 58.6 Å². The van der Waals surface area contributed by atoms with Crippen LogP contribution in [0.15, 0.2) is 42.5 Å². The van der Waals surface area contributed by atoms with E-state index in [2.05, 4.69) is 5.32 Å². The summed E-state index contributed by atoms with van der Waals surface area (Å²) < 4.78 is 10.6. The number of amides is 2. The Morgan fingerprint density at radius 1 is 1.14 bits per heavy atom. The monoisotopic (exact) mass is 416 g/mol. The Morgan fingerprint density at radius 3 is 2.66 bits per heavy atom. The van der Waals surface area contributed by atoms with Gasteiger partial charge in [-0.05, 0) is 41.8 Å². The van der Waals surface area contributed by atoms with Crippen molar-refractivity contribution in [2.45, 2.75) is 19.4 Å². The molecule has 2 aromatic rings. The molecule has 0 aromatic heterocycles. The number of hydrogen-bond acceptors (Lipinski definition) is 4. The number of hydrogen-bond donors (Lipinski definition) is 1. The normalized spacial score (nSPS) is 16.0. The first kappa shape index (κ1) is 21.0. The molecule has 0 spiro atoms. The second kappa shape index (κ2) is 9.65. The van der Waals surface area contributed by atoms with Gasteiger partial charge in [0.15, 0.2) is 11.5 Å². The third-order valence-electron chi connectivity index (χ3n) is 5.06. The molecule has 0 aliphatic carbocycles. The first-order valence-electron chi connectivity index (χ1n) is 9.51. The number of ether oxygens (including phenoxy) is 2. The highest BCUT2D eigenvalue weighted by atomic mass is 35.5. The molecule has 1 saturated heterocycles. The molecular weight excluding hydrogens is 392 g/mol. The Hall–Kier alpha value is -2.73. The maximum absolute atomic E-state index is 12.5. The fourth-order valence-electron chi connectivity index (χ4n) is 3.44. The van der Waals surface area contributed by atoms with Crippen LogP contribution >= 0.6 is 11.6 Å². The molecule has 154 valence electrons. The number of halogens is 1. The molecule has 7 heteroatoms. The minimum Gasteiger partial charge on any atom is -0.493 e. The number of nitrogens with one attached hydrogen (secondary N) is 1. The van der Waals surface area contributed by atoms with E-state index in [-0.39, 0.29) is 24.2 Å². The Kier molecular flexibility index (Phi) is 6.99. The summed E-state index contributed by atoms with van der Waals surface area (Å²) in [6.07, 6.45) is 0.927. The molecule has 2 amide bonds. The van der Waals surface area contributed by atoms with Crippen LogP contribution in [0, 0.1) is 5.92 Å². The summed E-state index contributed by atoms with van der Waals surface area (Å²) in [5, 5.41) is 3.54. The minimum atomic E-state index is -0.327.